The lowest BCUT2D eigenvalue weighted by Gasteiger charge is -2.23. The number of hydrogen-bond donors (Lipinski definition) is 1. The largest absolute Gasteiger partial charge is 0.324 e. The SMILES string of the molecule is Cc1cc(C)c(NC(=O)C(C)N(C)CCC#N)c(C)c1. The molecule has 1 aromatic carbocycles. The minimum atomic E-state index is -0.261. The molecule has 0 saturated carbocycles. The number of benzene rings is 1. The first-order chi connectivity index (χ1) is 9.36. The molecule has 20 heavy (non-hydrogen) atoms. The molecular weight excluding hydrogens is 250 g/mol. The second-order valence-electron chi connectivity index (χ2n) is 5.33. The van der Waals surface area contributed by atoms with Crippen LogP contribution in [0.2, 0.25) is 0 Å². The zero-order valence-corrected chi connectivity index (χ0v) is 12.9. The van der Waals surface area contributed by atoms with Gasteiger partial charge in [0.15, 0.2) is 0 Å². The van der Waals surface area contributed by atoms with Crippen LogP contribution in [-0.4, -0.2) is 30.4 Å². The quantitative estimate of drug-likeness (QED) is 0.897. The average Bonchev–Trinajstić information content (AvgIpc) is 2.38. The topological polar surface area (TPSA) is 56.1 Å². The van der Waals surface area contributed by atoms with Crippen LogP contribution in [0, 0.1) is 32.1 Å². The summed E-state index contributed by atoms with van der Waals surface area (Å²) in [7, 11) is 1.86. The molecule has 0 aromatic heterocycles. The Morgan fingerprint density at radius 3 is 2.40 bits per heavy atom. The second-order valence-corrected chi connectivity index (χ2v) is 5.33. The van der Waals surface area contributed by atoms with Crippen molar-refractivity contribution in [3.05, 3.63) is 28.8 Å². The van der Waals surface area contributed by atoms with Crippen molar-refractivity contribution >= 4 is 11.6 Å². The van der Waals surface area contributed by atoms with E-state index in [-0.39, 0.29) is 11.9 Å². The molecule has 0 spiro atoms. The van der Waals surface area contributed by atoms with Crippen LogP contribution in [0.25, 0.3) is 0 Å². The van der Waals surface area contributed by atoms with Crippen molar-refractivity contribution in [3.63, 3.8) is 0 Å². The third kappa shape index (κ3) is 4.07. The monoisotopic (exact) mass is 273 g/mol. The van der Waals surface area contributed by atoms with Crippen molar-refractivity contribution in [3.8, 4) is 6.07 Å². The van der Waals surface area contributed by atoms with Crippen LogP contribution in [0.3, 0.4) is 0 Å². The van der Waals surface area contributed by atoms with Gasteiger partial charge in [-0.2, -0.15) is 5.26 Å². The highest BCUT2D eigenvalue weighted by Gasteiger charge is 2.19. The van der Waals surface area contributed by atoms with Crippen molar-refractivity contribution in [2.24, 2.45) is 0 Å². The number of carbonyl (C=O) groups excluding carboxylic acids is 1. The maximum Gasteiger partial charge on any atom is 0.241 e. The molecule has 0 saturated heterocycles. The van der Waals surface area contributed by atoms with Crippen molar-refractivity contribution in [2.75, 3.05) is 18.9 Å². The van der Waals surface area contributed by atoms with E-state index in [4.69, 9.17) is 5.26 Å². The van der Waals surface area contributed by atoms with Crippen molar-refractivity contribution < 1.29 is 4.79 Å². The number of hydrogen-bond acceptors (Lipinski definition) is 3. The normalized spacial score (nSPS) is 12.1. The van der Waals surface area contributed by atoms with Crippen molar-refractivity contribution in [1.82, 2.24) is 4.90 Å². The third-order valence-electron chi connectivity index (χ3n) is 3.54. The minimum absolute atomic E-state index is 0.0412. The molecule has 0 bridgehead atoms. The van der Waals surface area contributed by atoms with E-state index < -0.39 is 0 Å². The predicted octanol–water partition coefficient (Wildman–Crippen LogP) is 2.78. The van der Waals surface area contributed by atoms with Gasteiger partial charge in [0.1, 0.15) is 0 Å². The molecule has 0 heterocycles. The second kappa shape index (κ2) is 7.06. The lowest BCUT2D eigenvalue weighted by Crippen LogP contribution is -2.40. The highest BCUT2D eigenvalue weighted by atomic mass is 16.2. The molecular formula is C16H23N3O. The van der Waals surface area contributed by atoms with Gasteiger partial charge in [0.05, 0.1) is 12.1 Å². The van der Waals surface area contributed by atoms with E-state index in [1.54, 1.807) is 0 Å². The van der Waals surface area contributed by atoms with E-state index in [1.807, 2.05) is 39.6 Å². The van der Waals surface area contributed by atoms with Crippen LogP contribution in [0.1, 0.15) is 30.0 Å². The molecule has 0 radical (unpaired) electrons. The van der Waals surface area contributed by atoms with Gasteiger partial charge in [0.2, 0.25) is 5.91 Å². The Bertz CT molecular complexity index is 508. The summed E-state index contributed by atoms with van der Waals surface area (Å²) in [6.07, 6.45) is 0.427. The molecule has 1 amide bonds. The van der Waals surface area contributed by atoms with Crippen LogP contribution in [0.5, 0.6) is 0 Å². The fraction of sp³-hybridized carbons (Fsp3) is 0.500. The molecule has 108 valence electrons. The van der Waals surface area contributed by atoms with Crippen LogP contribution in [0.15, 0.2) is 12.1 Å². The van der Waals surface area contributed by atoms with Gasteiger partial charge in [-0.05, 0) is 45.9 Å². The summed E-state index contributed by atoms with van der Waals surface area (Å²) >= 11 is 0. The van der Waals surface area contributed by atoms with Crippen LogP contribution in [0.4, 0.5) is 5.69 Å². The number of likely N-dealkylation sites (N-methyl/N-ethyl adjacent to an activating group) is 1. The van der Waals surface area contributed by atoms with E-state index in [2.05, 4.69) is 23.5 Å². The average molecular weight is 273 g/mol. The summed E-state index contributed by atoms with van der Waals surface area (Å²) < 4.78 is 0. The van der Waals surface area contributed by atoms with Crippen LogP contribution < -0.4 is 5.32 Å². The summed E-state index contributed by atoms with van der Waals surface area (Å²) in [6.45, 7) is 8.49. The number of aryl methyl sites for hydroxylation is 3. The van der Waals surface area contributed by atoms with E-state index >= 15 is 0 Å². The lowest BCUT2D eigenvalue weighted by atomic mass is 10.0. The summed E-state index contributed by atoms with van der Waals surface area (Å²) in [4.78, 5) is 14.2. The Labute approximate surface area is 121 Å². The molecule has 0 aliphatic carbocycles. The zero-order valence-electron chi connectivity index (χ0n) is 12.9. The van der Waals surface area contributed by atoms with E-state index in [1.165, 1.54) is 5.56 Å². The van der Waals surface area contributed by atoms with Gasteiger partial charge in [-0.1, -0.05) is 17.7 Å². The highest BCUT2D eigenvalue weighted by molar-refractivity contribution is 5.95. The maximum absolute atomic E-state index is 12.3. The Kier molecular flexibility index (Phi) is 5.72. The van der Waals surface area contributed by atoms with Gasteiger partial charge in [-0.15, -0.1) is 0 Å². The fourth-order valence-corrected chi connectivity index (χ4v) is 2.23. The van der Waals surface area contributed by atoms with E-state index in [0.29, 0.717) is 13.0 Å². The molecule has 4 heteroatoms. The summed E-state index contributed by atoms with van der Waals surface area (Å²) in [6, 6.07) is 5.96. The fourth-order valence-electron chi connectivity index (χ4n) is 2.23. The van der Waals surface area contributed by atoms with Gasteiger partial charge in [0, 0.05) is 18.7 Å². The number of nitriles is 1. The molecule has 4 nitrogen and oxygen atoms in total. The first-order valence-electron chi connectivity index (χ1n) is 6.82. The van der Waals surface area contributed by atoms with Crippen molar-refractivity contribution in [2.45, 2.75) is 40.2 Å². The van der Waals surface area contributed by atoms with E-state index in [0.717, 1.165) is 16.8 Å². The Hall–Kier alpha value is -1.86. The number of nitrogens with zero attached hydrogens (tertiary/aromatic N) is 2. The Balaban J connectivity index is 2.79. The zero-order chi connectivity index (χ0) is 15.3. The third-order valence-corrected chi connectivity index (χ3v) is 3.54. The molecule has 1 unspecified atom stereocenters. The molecule has 1 atom stereocenters. The smallest absolute Gasteiger partial charge is 0.241 e. The first-order valence-corrected chi connectivity index (χ1v) is 6.82. The lowest BCUT2D eigenvalue weighted by molar-refractivity contribution is -0.120. The predicted molar refractivity (Wildman–Crippen MR) is 81.6 cm³/mol. The first kappa shape index (κ1) is 16.2. The number of rotatable bonds is 5. The molecule has 1 aromatic rings. The van der Waals surface area contributed by atoms with Gasteiger partial charge >= 0.3 is 0 Å². The summed E-state index contributed by atoms with van der Waals surface area (Å²) in [5.41, 5.74) is 4.23. The van der Waals surface area contributed by atoms with Crippen molar-refractivity contribution in [1.29, 1.82) is 5.26 Å². The van der Waals surface area contributed by atoms with Gasteiger partial charge in [-0.25, -0.2) is 0 Å². The van der Waals surface area contributed by atoms with Crippen LogP contribution >= 0.6 is 0 Å². The van der Waals surface area contributed by atoms with E-state index in [9.17, 15) is 4.79 Å². The molecule has 0 fully saturated rings. The van der Waals surface area contributed by atoms with Gasteiger partial charge < -0.3 is 5.32 Å². The number of amides is 1. The summed E-state index contributed by atoms with van der Waals surface area (Å²) in [5, 5.41) is 11.6. The molecule has 0 aliphatic heterocycles. The number of carbonyl (C=O) groups is 1. The van der Waals surface area contributed by atoms with Gasteiger partial charge in [0.25, 0.3) is 0 Å². The highest BCUT2D eigenvalue weighted by Crippen LogP contribution is 2.22. The number of nitrogens with one attached hydrogen (secondary N) is 1. The van der Waals surface area contributed by atoms with Gasteiger partial charge in [-0.3, -0.25) is 9.69 Å². The Morgan fingerprint density at radius 2 is 1.90 bits per heavy atom. The minimum Gasteiger partial charge on any atom is -0.324 e. The molecule has 1 rings (SSSR count). The standard InChI is InChI=1S/C16H23N3O/c1-11-9-12(2)15(13(3)10-11)18-16(20)14(4)19(5)8-6-7-17/h9-10,14H,6,8H2,1-5H3,(H,18,20). The maximum atomic E-state index is 12.3. The van der Waals surface area contributed by atoms with Crippen LogP contribution in [-0.2, 0) is 4.79 Å². The Morgan fingerprint density at radius 1 is 1.35 bits per heavy atom. The molecule has 0 aliphatic rings. The molecule has 1 N–H and O–H groups in total. The summed E-state index contributed by atoms with van der Waals surface area (Å²) in [5.74, 6) is -0.0412. The number of anilines is 1.